The van der Waals surface area contributed by atoms with E-state index < -0.39 is 25.0 Å². The fourth-order valence-electron chi connectivity index (χ4n) is 4.57. The Labute approximate surface area is 202 Å². The van der Waals surface area contributed by atoms with Gasteiger partial charge in [-0.15, -0.1) is 0 Å². The minimum atomic E-state index is -1.68. The first-order chi connectivity index (χ1) is 16.3. The van der Waals surface area contributed by atoms with Gasteiger partial charge in [0.05, 0.1) is 13.1 Å². The van der Waals surface area contributed by atoms with Gasteiger partial charge < -0.3 is 25.4 Å². The highest BCUT2D eigenvalue weighted by molar-refractivity contribution is 6.43. The predicted molar refractivity (Wildman–Crippen MR) is 132 cm³/mol. The van der Waals surface area contributed by atoms with Gasteiger partial charge in [0, 0.05) is 12.3 Å². The monoisotopic (exact) mass is 466 g/mol. The van der Waals surface area contributed by atoms with Crippen LogP contribution >= 0.6 is 0 Å². The van der Waals surface area contributed by atoms with Gasteiger partial charge in [-0.2, -0.15) is 0 Å². The van der Waals surface area contributed by atoms with E-state index in [1.165, 1.54) is 5.56 Å². The van der Waals surface area contributed by atoms with Crippen molar-refractivity contribution in [2.45, 2.75) is 57.9 Å². The topological polar surface area (TPSA) is 108 Å². The minimum absolute atomic E-state index is 0.159. The van der Waals surface area contributed by atoms with Gasteiger partial charge >= 0.3 is 7.12 Å². The Bertz CT molecular complexity index is 953. The van der Waals surface area contributed by atoms with Crippen LogP contribution in [-0.2, 0) is 28.9 Å². The van der Waals surface area contributed by atoms with Gasteiger partial charge in [-0.25, -0.2) is 0 Å². The van der Waals surface area contributed by atoms with E-state index >= 15 is 0 Å². The van der Waals surface area contributed by atoms with Crippen LogP contribution in [0.25, 0.3) is 0 Å². The molecule has 0 spiro atoms. The number of methoxy groups -OCH3 is 1. The zero-order valence-corrected chi connectivity index (χ0v) is 20.2. The van der Waals surface area contributed by atoms with Crippen molar-refractivity contribution in [2.75, 3.05) is 7.11 Å². The van der Waals surface area contributed by atoms with E-state index in [-0.39, 0.29) is 17.7 Å². The van der Waals surface area contributed by atoms with Gasteiger partial charge in [-0.3, -0.25) is 9.59 Å². The Kier molecular flexibility index (Phi) is 9.13. The summed E-state index contributed by atoms with van der Waals surface area (Å²) in [4.78, 5) is 26.5. The van der Waals surface area contributed by atoms with Crippen LogP contribution in [-0.4, -0.2) is 48.1 Å². The van der Waals surface area contributed by atoms with Crippen molar-refractivity contribution in [3.05, 3.63) is 65.2 Å². The quantitative estimate of drug-likeness (QED) is 0.401. The van der Waals surface area contributed by atoms with Crippen molar-refractivity contribution in [3.63, 3.8) is 0 Å². The highest BCUT2D eigenvalue weighted by atomic mass is 16.5. The third-order valence-corrected chi connectivity index (χ3v) is 6.36. The molecule has 182 valence electrons. The lowest BCUT2D eigenvalue weighted by Gasteiger charge is -2.28. The minimum Gasteiger partial charge on any atom is -0.496 e. The van der Waals surface area contributed by atoms with E-state index in [4.69, 9.17) is 4.74 Å². The molecule has 3 rings (SSSR count). The van der Waals surface area contributed by atoms with Crippen LogP contribution in [0.15, 0.2) is 48.5 Å². The summed E-state index contributed by atoms with van der Waals surface area (Å²) in [7, 11) is -0.0513. The Morgan fingerprint density at radius 1 is 1.09 bits per heavy atom. The summed E-state index contributed by atoms with van der Waals surface area (Å²) < 4.78 is 5.49. The van der Waals surface area contributed by atoms with Crippen molar-refractivity contribution in [3.8, 4) is 5.75 Å². The summed E-state index contributed by atoms with van der Waals surface area (Å²) in [5.41, 5.74) is 3.14. The molecule has 2 aromatic carbocycles. The number of benzene rings is 2. The summed E-state index contributed by atoms with van der Waals surface area (Å²) >= 11 is 0. The van der Waals surface area contributed by atoms with E-state index in [1.807, 2.05) is 56.3 Å². The molecule has 0 aromatic heterocycles. The van der Waals surface area contributed by atoms with Crippen LogP contribution in [0.1, 0.15) is 43.4 Å². The zero-order valence-electron chi connectivity index (χ0n) is 20.2. The van der Waals surface area contributed by atoms with Crippen molar-refractivity contribution >= 4 is 18.9 Å². The second-order valence-corrected chi connectivity index (χ2v) is 9.45. The maximum absolute atomic E-state index is 13.3. The molecule has 0 radical (unpaired) electrons. The van der Waals surface area contributed by atoms with E-state index in [0.717, 1.165) is 23.3 Å². The number of rotatable bonds is 10. The maximum atomic E-state index is 13.3. The van der Waals surface area contributed by atoms with Crippen LogP contribution in [0.4, 0.5) is 0 Å². The zero-order chi connectivity index (χ0) is 24.7. The number of fused-ring (bicyclic) bond motifs is 1. The van der Waals surface area contributed by atoms with Crippen LogP contribution in [0.5, 0.6) is 5.75 Å². The summed E-state index contributed by atoms with van der Waals surface area (Å²) in [6.45, 7) is 3.89. The molecule has 0 aliphatic heterocycles. The third kappa shape index (κ3) is 6.84. The number of carbonyl (C=O) groups excluding carboxylic acids is 2. The van der Waals surface area contributed by atoms with Gasteiger partial charge in [0.2, 0.25) is 11.8 Å². The van der Waals surface area contributed by atoms with Gasteiger partial charge in [-0.05, 0) is 54.4 Å². The molecule has 0 saturated heterocycles. The molecule has 0 fully saturated rings. The molecule has 2 unspecified atom stereocenters. The number of ether oxygens (including phenoxy) is 1. The molecule has 34 heavy (non-hydrogen) atoms. The second kappa shape index (κ2) is 12.0. The summed E-state index contributed by atoms with van der Waals surface area (Å²) in [5, 5.41) is 25.2. The number of nitrogens with one attached hydrogen (secondary N) is 2. The maximum Gasteiger partial charge on any atom is 0.475 e. The predicted octanol–water partition coefficient (Wildman–Crippen LogP) is 2.07. The Morgan fingerprint density at radius 3 is 2.47 bits per heavy atom. The summed E-state index contributed by atoms with van der Waals surface area (Å²) in [6.07, 6.45) is 2.73. The van der Waals surface area contributed by atoms with Crippen molar-refractivity contribution in [2.24, 2.45) is 11.8 Å². The molecule has 7 nitrogen and oxygen atoms in total. The number of aryl methyl sites for hydroxylation is 1. The Hall–Kier alpha value is -2.84. The van der Waals surface area contributed by atoms with Crippen LogP contribution in [0, 0.1) is 11.8 Å². The first-order valence-corrected chi connectivity index (χ1v) is 11.9. The SMILES string of the molecule is COc1cccc2c1CC(C(=O)N[C@@H](Cc1ccccc1)C(=O)NC(CC(C)C)B(O)O)CC2. The van der Waals surface area contributed by atoms with Crippen LogP contribution in [0.3, 0.4) is 0 Å². The molecular formula is C26H35BN2O5. The molecule has 2 aromatic rings. The summed E-state index contributed by atoms with van der Waals surface area (Å²) in [5.74, 6) is -0.755. The lowest BCUT2D eigenvalue weighted by molar-refractivity contribution is -0.131. The average molecular weight is 466 g/mol. The number of amides is 2. The van der Waals surface area contributed by atoms with Gasteiger partial charge in [-0.1, -0.05) is 56.3 Å². The van der Waals surface area contributed by atoms with E-state index in [1.54, 1.807) is 7.11 Å². The van der Waals surface area contributed by atoms with Crippen molar-refractivity contribution < 1.29 is 24.4 Å². The van der Waals surface area contributed by atoms with Gasteiger partial charge in [0.1, 0.15) is 11.8 Å². The average Bonchev–Trinajstić information content (AvgIpc) is 2.82. The summed E-state index contributed by atoms with van der Waals surface area (Å²) in [6, 6.07) is 14.6. The molecule has 0 bridgehead atoms. The molecule has 4 N–H and O–H groups in total. The van der Waals surface area contributed by atoms with Gasteiger partial charge in [0.15, 0.2) is 0 Å². The highest BCUT2D eigenvalue weighted by Gasteiger charge is 2.32. The largest absolute Gasteiger partial charge is 0.496 e. The van der Waals surface area contributed by atoms with E-state index in [9.17, 15) is 19.6 Å². The standard InChI is InChI=1S/C26H35BN2O5/c1-17(2)14-24(27(32)33)29-26(31)22(15-18-8-5-4-6-9-18)28-25(30)20-13-12-19-10-7-11-23(34-3)21(19)16-20/h4-11,17,20,22,24,32-33H,12-16H2,1-3H3,(H,28,30)(H,29,31)/t20?,22-,24?/m0/s1. The Balaban J connectivity index is 1.75. The molecule has 3 atom stereocenters. The molecular weight excluding hydrogens is 431 g/mol. The normalized spacial score (nSPS) is 16.8. The van der Waals surface area contributed by atoms with Crippen LogP contribution < -0.4 is 15.4 Å². The van der Waals surface area contributed by atoms with E-state index in [0.29, 0.717) is 25.7 Å². The molecule has 0 heterocycles. The molecule has 1 aliphatic carbocycles. The highest BCUT2D eigenvalue weighted by Crippen LogP contribution is 2.32. The number of hydrogen-bond donors (Lipinski definition) is 4. The third-order valence-electron chi connectivity index (χ3n) is 6.36. The first-order valence-electron chi connectivity index (χ1n) is 11.9. The number of hydrogen-bond acceptors (Lipinski definition) is 5. The molecule has 1 aliphatic rings. The van der Waals surface area contributed by atoms with Gasteiger partial charge in [0.25, 0.3) is 0 Å². The fraction of sp³-hybridized carbons (Fsp3) is 0.462. The fourth-order valence-corrected chi connectivity index (χ4v) is 4.57. The van der Waals surface area contributed by atoms with Crippen molar-refractivity contribution in [1.82, 2.24) is 10.6 Å². The lowest BCUT2D eigenvalue weighted by atomic mass is 9.75. The lowest BCUT2D eigenvalue weighted by Crippen LogP contribution is -2.55. The number of carbonyl (C=O) groups is 2. The molecule has 8 heteroatoms. The van der Waals surface area contributed by atoms with Crippen molar-refractivity contribution in [1.29, 1.82) is 0 Å². The first kappa shape index (κ1) is 25.8. The van der Waals surface area contributed by atoms with Crippen LogP contribution in [0.2, 0.25) is 0 Å². The Morgan fingerprint density at radius 2 is 1.82 bits per heavy atom. The second-order valence-electron chi connectivity index (χ2n) is 9.45. The smallest absolute Gasteiger partial charge is 0.475 e. The molecule has 0 saturated carbocycles. The molecule has 2 amide bonds. The van der Waals surface area contributed by atoms with E-state index in [2.05, 4.69) is 16.7 Å².